The van der Waals surface area contributed by atoms with Gasteiger partial charge < -0.3 is 26.0 Å². The predicted molar refractivity (Wildman–Crippen MR) is 156 cm³/mol. The van der Waals surface area contributed by atoms with Crippen molar-refractivity contribution in [1.82, 2.24) is 20.2 Å². The van der Waals surface area contributed by atoms with Gasteiger partial charge in [-0.3, -0.25) is 9.59 Å². The van der Waals surface area contributed by atoms with Crippen molar-refractivity contribution in [3.05, 3.63) is 52.9 Å². The molecule has 43 heavy (non-hydrogen) atoms. The lowest BCUT2D eigenvalue weighted by molar-refractivity contribution is -0.151. The van der Waals surface area contributed by atoms with Gasteiger partial charge in [-0.15, -0.1) is 0 Å². The highest BCUT2D eigenvalue weighted by Gasteiger charge is 2.48. The highest BCUT2D eigenvalue weighted by atomic mass is 19.1. The number of likely N-dealkylation sites (tertiary alicyclic amines) is 1. The first-order valence-corrected chi connectivity index (χ1v) is 15.0. The lowest BCUT2D eigenvalue weighted by atomic mass is 9.65. The number of aryl methyl sites for hydroxylation is 1. The highest BCUT2D eigenvalue weighted by molar-refractivity contribution is 5.88. The molecule has 5 atom stereocenters. The normalized spacial score (nSPS) is 20.9. The molecule has 4 N–H and O–H groups in total. The van der Waals surface area contributed by atoms with Crippen molar-refractivity contribution in [3.8, 4) is 0 Å². The van der Waals surface area contributed by atoms with Crippen molar-refractivity contribution in [1.29, 1.82) is 0 Å². The fourth-order valence-electron chi connectivity index (χ4n) is 5.88. The number of nitrogens with zero attached hydrogens (tertiary/aromatic N) is 3. The van der Waals surface area contributed by atoms with E-state index in [0.29, 0.717) is 18.0 Å². The van der Waals surface area contributed by atoms with Gasteiger partial charge in [0.1, 0.15) is 23.7 Å². The number of rotatable bonds is 12. The number of aromatic nitrogens is 2. The van der Waals surface area contributed by atoms with Gasteiger partial charge in [0.2, 0.25) is 17.8 Å². The van der Waals surface area contributed by atoms with Crippen LogP contribution >= 0.6 is 0 Å². The first-order valence-electron chi connectivity index (χ1n) is 15.0. The number of fused-ring (bicyclic) bond motifs is 1. The molecule has 0 spiro atoms. The lowest BCUT2D eigenvalue weighted by Crippen LogP contribution is -2.61. The van der Waals surface area contributed by atoms with Gasteiger partial charge in [0, 0.05) is 43.5 Å². The first-order chi connectivity index (χ1) is 20.5. The topological polar surface area (TPSA) is 140 Å². The number of anilines is 1. The highest BCUT2D eigenvalue weighted by Crippen LogP contribution is 2.44. The Kier molecular flexibility index (Phi) is 10.6. The molecule has 12 heteroatoms. The Labute approximate surface area is 251 Å². The third-order valence-electron chi connectivity index (χ3n) is 8.46. The second-order valence-electron chi connectivity index (χ2n) is 11.9. The number of carbonyl (C=O) groups excluding carboxylic acids is 3. The summed E-state index contributed by atoms with van der Waals surface area (Å²) in [5.74, 6) is -1.30. The Morgan fingerprint density at radius 2 is 1.84 bits per heavy atom. The van der Waals surface area contributed by atoms with Crippen molar-refractivity contribution in [2.24, 2.45) is 23.5 Å². The van der Waals surface area contributed by atoms with E-state index in [-0.39, 0.29) is 72.7 Å². The monoisotopic (exact) mass is 600 g/mol. The smallest absolute Gasteiger partial charge is 0.328 e. The van der Waals surface area contributed by atoms with Crippen LogP contribution < -0.4 is 16.4 Å². The fraction of sp³-hybridized carbons (Fsp3) is 0.581. The molecule has 1 saturated heterocycles. The maximum Gasteiger partial charge on any atom is 0.328 e. The molecule has 2 amide bonds. The van der Waals surface area contributed by atoms with Crippen LogP contribution in [0.1, 0.15) is 63.1 Å². The number of nitrogens with one attached hydrogen (secondary N) is 2. The van der Waals surface area contributed by atoms with Gasteiger partial charge in [-0.05, 0) is 80.5 Å². The first kappa shape index (κ1) is 32.2. The van der Waals surface area contributed by atoms with E-state index in [1.807, 2.05) is 13.8 Å². The molecule has 234 valence electrons. The number of ether oxygens (including phenoxy) is 1. The number of esters is 1. The zero-order valence-electron chi connectivity index (χ0n) is 25.2. The average Bonchev–Trinajstić information content (AvgIpc) is 2.94. The van der Waals surface area contributed by atoms with Crippen LogP contribution in [0.5, 0.6) is 0 Å². The van der Waals surface area contributed by atoms with Crippen LogP contribution in [0.2, 0.25) is 0 Å². The number of amides is 2. The van der Waals surface area contributed by atoms with E-state index in [2.05, 4.69) is 20.6 Å². The number of benzene rings is 1. The SMILES string of the molecule is CCOC(=O)C(Nc1ncc(CNC(=O)[C@@H]2C3CCC3CCN2C(=O)CC(N)Cc2cc(F)c(C)cc2F)cn1)C(C)C. The largest absolute Gasteiger partial charge is 0.464 e. The van der Waals surface area contributed by atoms with Crippen LogP contribution in [-0.2, 0) is 32.1 Å². The van der Waals surface area contributed by atoms with Crippen LogP contribution in [0.4, 0.5) is 14.7 Å². The van der Waals surface area contributed by atoms with E-state index in [4.69, 9.17) is 10.5 Å². The van der Waals surface area contributed by atoms with Gasteiger partial charge in [-0.1, -0.05) is 13.8 Å². The Bertz CT molecular complexity index is 1310. The van der Waals surface area contributed by atoms with Gasteiger partial charge >= 0.3 is 5.97 Å². The standard InChI is InChI=1S/C31H42F2N6O4/c1-5-43-30(42)27(17(2)3)38-31-36-15-19(16-37-31)14-35-29(41)28-23-7-6-20(23)8-9-39(28)26(40)13-22(34)11-21-12-24(32)18(4)10-25(21)33/h10,12,15-17,20,22-23,27-28H,5-9,11,13-14,34H2,1-4H3,(H,35,41)(H,36,37,38)/t20?,22?,23?,27?,28-/m0/s1. The minimum Gasteiger partial charge on any atom is -0.464 e. The number of carbonyl (C=O) groups is 3. The molecule has 2 aliphatic rings. The van der Waals surface area contributed by atoms with Crippen molar-refractivity contribution in [3.63, 3.8) is 0 Å². The molecule has 2 heterocycles. The molecule has 10 nitrogen and oxygen atoms in total. The zero-order valence-corrected chi connectivity index (χ0v) is 25.2. The molecule has 2 fully saturated rings. The average molecular weight is 601 g/mol. The van der Waals surface area contributed by atoms with Gasteiger partial charge in [-0.2, -0.15) is 0 Å². The summed E-state index contributed by atoms with van der Waals surface area (Å²) < 4.78 is 33.5. The molecule has 1 aromatic carbocycles. The van der Waals surface area contributed by atoms with Crippen LogP contribution in [0.15, 0.2) is 24.5 Å². The lowest BCUT2D eigenvalue weighted by Gasteiger charge is -2.50. The fourth-order valence-corrected chi connectivity index (χ4v) is 5.88. The van der Waals surface area contributed by atoms with Crippen LogP contribution in [0, 0.1) is 36.3 Å². The second-order valence-corrected chi connectivity index (χ2v) is 11.9. The molecule has 4 unspecified atom stereocenters. The van der Waals surface area contributed by atoms with Gasteiger partial charge in [0.05, 0.1) is 6.61 Å². The van der Waals surface area contributed by atoms with Crippen molar-refractivity contribution >= 4 is 23.7 Å². The summed E-state index contributed by atoms with van der Waals surface area (Å²) in [7, 11) is 0. The minimum atomic E-state index is -0.727. The third kappa shape index (κ3) is 7.84. The maximum atomic E-state index is 14.3. The van der Waals surface area contributed by atoms with Crippen molar-refractivity contribution in [2.75, 3.05) is 18.5 Å². The van der Waals surface area contributed by atoms with E-state index in [1.165, 1.54) is 6.92 Å². The quantitative estimate of drug-likeness (QED) is 0.316. The Balaban J connectivity index is 1.36. The van der Waals surface area contributed by atoms with E-state index >= 15 is 0 Å². The Morgan fingerprint density at radius 3 is 2.47 bits per heavy atom. The summed E-state index contributed by atoms with van der Waals surface area (Å²) >= 11 is 0. The molecule has 1 saturated carbocycles. The summed E-state index contributed by atoms with van der Waals surface area (Å²) in [6.07, 6.45) is 5.77. The Hall–Kier alpha value is -3.67. The van der Waals surface area contributed by atoms with Crippen LogP contribution in [0.3, 0.4) is 0 Å². The summed E-state index contributed by atoms with van der Waals surface area (Å²) in [6, 6.07) is 0.304. The zero-order chi connectivity index (χ0) is 31.3. The predicted octanol–water partition coefficient (Wildman–Crippen LogP) is 3.27. The number of hydrogen-bond donors (Lipinski definition) is 3. The van der Waals surface area contributed by atoms with Gasteiger partial charge in [-0.25, -0.2) is 23.5 Å². The van der Waals surface area contributed by atoms with Crippen molar-refractivity contribution in [2.45, 2.75) is 84.5 Å². The summed E-state index contributed by atoms with van der Waals surface area (Å²) in [5.41, 5.74) is 7.20. The molecular weight excluding hydrogens is 558 g/mol. The summed E-state index contributed by atoms with van der Waals surface area (Å²) in [5, 5.41) is 5.94. The third-order valence-corrected chi connectivity index (χ3v) is 8.46. The molecule has 1 aliphatic carbocycles. The Morgan fingerprint density at radius 1 is 1.12 bits per heavy atom. The molecule has 1 aliphatic heterocycles. The van der Waals surface area contributed by atoms with E-state index in [9.17, 15) is 23.2 Å². The van der Waals surface area contributed by atoms with E-state index in [1.54, 1.807) is 24.2 Å². The number of piperidine rings is 1. The molecule has 2 aromatic rings. The van der Waals surface area contributed by atoms with Crippen LogP contribution in [-0.4, -0.2) is 63.9 Å². The van der Waals surface area contributed by atoms with Gasteiger partial charge in [0.25, 0.3) is 0 Å². The van der Waals surface area contributed by atoms with Crippen LogP contribution in [0.25, 0.3) is 0 Å². The van der Waals surface area contributed by atoms with E-state index in [0.717, 1.165) is 31.4 Å². The summed E-state index contributed by atoms with van der Waals surface area (Å²) in [6.45, 7) is 7.90. The summed E-state index contributed by atoms with van der Waals surface area (Å²) in [4.78, 5) is 49.2. The van der Waals surface area contributed by atoms with Crippen molar-refractivity contribution < 1.29 is 27.9 Å². The maximum absolute atomic E-state index is 14.3. The van der Waals surface area contributed by atoms with E-state index < -0.39 is 29.8 Å². The molecular formula is C31H42F2N6O4. The molecule has 0 radical (unpaired) electrons. The number of halogens is 2. The van der Waals surface area contributed by atoms with Gasteiger partial charge in [0.15, 0.2) is 0 Å². The molecule has 0 bridgehead atoms. The minimum absolute atomic E-state index is 0.00802. The second kappa shape index (κ2) is 14.2. The number of nitrogens with two attached hydrogens (primary N) is 1. The number of hydrogen-bond acceptors (Lipinski definition) is 8. The molecule has 1 aromatic heterocycles. The molecule has 4 rings (SSSR count).